The molecule has 1 atom stereocenters. The van der Waals surface area contributed by atoms with Crippen LogP contribution in [0, 0.1) is 16.7 Å². The molecule has 4 rings (SSSR count). The highest BCUT2D eigenvalue weighted by atomic mass is 28.3. The van der Waals surface area contributed by atoms with E-state index in [4.69, 9.17) is 33.0 Å². The van der Waals surface area contributed by atoms with Crippen LogP contribution in [-0.2, 0) is 8.85 Å². The number of nitrogens with zero attached hydrogens (tertiary/aromatic N) is 3. The van der Waals surface area contributed by atoms with E-state index < -0.39 is 14.3 Å². The minimum Gasteiger partial charge on any atom is -0.493 e. The first-order valence-electron chi connectivity index (χ1n) is 18.1. The Labute approximate surface area is 307 Å². The van der Waals surface area contributed by atoms with Crippen LogP contribution in [0.15, 0.2) is 24.5 Å². The first-order chi connectivity index (χ1) is 23.6. The lowest BCUT2D eigenvalue weighted by molar-refractivity contribution is -0.121. The smallest absolute Gasteiger partial charge is 0.229 e. The van der Waals surface area contributed by atoms with Crippen LogP contribution in [-0.4, -0.2) is 74.7 Å². The molecule has 1 aliphatic carbocycles. The van der Waals surface area contributed by atoms with Crippen LogP contribution in [0.5, 0.6) is 17.2 Å². The SMILES string of the molecule is COc1cc(-c2cnc3c(n2)c(C(O)C2(C)CCC(C(C)(C)C(O[Si]C)O[Si]C)CC2)cn3[Si](C(C)C)(C(C)C)C(C)C)cc(OC)c1OC. The van der Waals surface area contributed by atoms with Gasteiger partial charge in [0.2, 0.25) is 25.3 Å². The van der Waals surface area contributed by atoms with Gasteiger partial charge in [0.05, 0.1) is 39.3 Å². The lowest BCUT2D eigenvalue weighted by Gasteiger charge is -2.47. The Bertz CT molecular complexity index is 1530. The Morgan fingerprint density at radius 3 is 1.86 bits per heavy atom. The van der Waals surface area contributed by atoms with E-state index in [-0.39, 0.29) is 17.1 Å². The molecule has 1 unspecified atom stereocenters. The lowest BCUT2D eigenvalue weighted by Crippen LogP contribution is -2.51. The van der Waals surface area contributed by atoms with Gasteiger partial charge in [-0.15, -0.1) is 0 Å². The maximum atomic E-state index is 12.6. The molecule has 1 aromatic carbocycles. The molecular formula is C38H61N3O6Si3. The van der Waals surface area contributed by atoms with Crippen LogP contribution in [0.1, 0.15) is 99.7 Å². The Morgan fingerprint density at radius 2 is 1.42 bits per heavy atom. The van der Waals surface area contributed by atoms with E-state index in [0.29, 0.717) is 65.0 Å². The highest BCUT2D eigenvalue weighted by molar-refractivity contribution is 6.82. The van der Waals surface area contributed by atoms with Gasteiger partial charge in [-0.2, -0.15) is 0 Å². The normalized spacial score (nSPS) is 19.6. The number of aliphatic hydroxyl groups is 1. The van der Waals surface area contributed by atoms with Crippen molar-refractivity contribution in [2.75, 3.05) is 21.3 Å². The number of fused-ring (bicyclic) bond motifs is 1. The fourth-order valence-electron chi connectivity index (χ4n) is 9.12. The predicted molar refractivity (Wildman–Crippen MR) is 207 cm³/mol. The van der Waals surface area contributed by atoms with Crippen molar-refractivity contribution in [2.24, 2.45) is 16.7 Å². The summed E-state index contributed by atoms with van der Waals surface area (Å²) in [7, 11) is 3.33. The largest absolute Gasteiger partial charge is 0.493 e. The topological polar surface area (TPSA) is 97.1 Å². The second-order valence-corrected chi connectivity index (χ2v) is 22.8. The lowest BCUT2D eigenvalue weighted by atomic mass is 9.61. The van der Waals surface area contributed by atoms with Crippen LogP contribution in [0.2, 0.25) is 29.7 Å². The number of hydrogen-bond acceptors (Lipinski definition) is 8. The van der Waals surface area contributed by atoms with E-state index in [1.807, 2.05) is 18.3 Å². The monoisotopic (exact) mass is 739 g/mol. The van der Waals surface area contributed by atoms with E-state index >= 15 is 0 Å². The van der Waals surface area contributed by atoms with Crippen LogP contribution in [0.3, 0.4) is 0 Å². The van der Waals surface area contributed by atoms with E-state index in [1.165, 1.54) is 0 Å². The summed E-state index contributed by atoms with van der Waals surface area (Å²) in [6.07, 6.45) is 6.92. The number of methoxy groups -OCH3 is 3. The van der Waals surface area contributed by atoms with Crippen molar-refractivity contribution in [3.8, 4) is 28.5 Å². The van der Waals surface area contributed by atoms with E-state index in [9.17, 15) is 5.11 Å². The summed E-state index contributed by atoms with van der Waals surface area (Å²) in [5.41, 5.74) is 4.84. The van der Waals surface area contributed by atoms with E-state index in [2.05, 4.69) is 85.8 Å². The molecule has 0 spiro atoms. The zero-order chi connectivity index (χ0) is 37.2. The van der Waals surface area contributed by atoms with Crippen molar-refractivity contribution in [2.45, 2.75) is 130 Å². The van der Waals surface area contributed by atoms with Gasteiger partial charge in [0.15, 0.2) is 25.4 Å². The maximum Gasteiger partial charge on any atom is 0.229 e. The summed E-state index contributed by atoms with van der Waals surface area (Å²) in [5, 5.41) is 12.6. The molecule has 0 bridgehead atoms. The van der Waals surface area contributed by atoms with Crippen LogP contribution >= 0.6 is 0 Å². The van der Waals surface area contributed by atoms with E-state index in [1.54, 1.807) is 21.3 Å². The summed E-state index contributed by atoms with van der Waals surface area (Å²) >= 11 is 0. The van der Waals surface area contributed by atoms with Crippen molar-refractivity contribution < 1.29 is 28.2 Å². The van der Waals surface area contributed by atoms with Crippen molar-refractivity contribution in [1.29, 1.82) is 0 Å². The van der Waals surface area contributed by atoms with Crippen molar-refractivity contribution in [1.82, 2.24) is 14.2 Å². The number of benzene rings is 1. The highest BCUT2D eigenvalue weighted by Gasteiger charge is 2.49. The predicted octanol–water partition coefficient (Wildman–Crippen LogP) is 9.10. The van der Waals surface area contributed by atoms with Gasteiger partial charge < -0.3 is 32.4 Å². The zero-order valence-electron chi connectivity index (χ0n) is 32.9. The Hall–Kier alpha value is -2.23. The molecule has 1 N–H and O–H groups in total. The molecule has 1 saturated carbocycles. The molecule has 3 aromatic rings. The maximum absolute atomic E-state index is 12.6. The molecule has 0 amide bonds. The van der Waals surface area contributed by atoms with Crippen LogP contribution in [0.4, 0.5) is 0 Å². The van der Waals surface area contributed by atoms with Gasteiger partial charge in [0, 0.05) is 22.7 Å². The molecular weight excluding hydrogens is 679 g/mol. The Balaban J connectivity index is 1.87. The molecule has 1 fully saturated rings. The molecule has 12 heteroatoms. The first kappa shape index (κ1) is 40.5. The number of hydrogen-bond donors (Lipinski definition) is 1. The average Bonchev–Trinajstić information content (AvgIpc) is 3.45. The van der Waals surface area contributed by atoms with Crippen LogP contribution < -0.4 is 14.2 Å². The molecule has 276 valence electrons. The average molecular weight is 740 g/mol. The molecule has 50 heavy (non-hydrogen) atoms. The molecule has 1 aliphatic rings. The fraction of sp³-hybridized carbons (Fsp3) is 0.684. The van der Waals surface area contributed by atoms with Crippen LogP contribution in [0.25, 0.3) is 22.4 Å². The first-order valence-corrected chi connectivity index (χ1v) is 23.1. The molecule has 0 saturated heterocycles. The number of aromatic nitrogens is 3. The van der Waals surface area contributed by atoms with Crippen molar-refractivity contribution in [3.05, 3.63) is 30.1 Å². The standard InChI is InChI=1S/C38H61N3O6Si3/c1-23(2)50(24(3)4,25(5)6)41-22-28(34(42)38(9)17-15-27(16-18-38)37(7,8)36(46-48-13)47-49-14)32-35(41)39-21-29(40-32)26-19-30(43-10)33(45-12)31(20-26)44-11/h19-25,27,34,36,42H,15-18H2,1-14H3. The van der Waals surface area contributed by atoms with Gasteiger partial charge in [-0.3, -0.25) is 0 Å². The van der Waals surface area contributed by atoms with Gasteiger partial charge >= 0.3 is 0 Å². The Morgan fingerprint density at radius 1 is 0.900 bits per heavy atom. The van der Waals surface area contributed by atoms with Gasteiger partial charge in [-0.25, -0.2) is 9.97 Å². The molecule has 9 nitrogen and oxygen atoms in total. The molecule has 2 aromatic heterocycles. The summed E-state index contributed by atoms with van der Waals surface area (Å²) < 4.78 is 31.7. The second kappa shape index (κ2) is 16.2. The van der Waals surface area contributed by atoms with Gasteiger partial charge in [-0.1, -0.05) is 62.3 Å². The summed E-state index contributed by atoms with van der Waals surface area (Å²) in [6.45, 7) is 25.1. The third kappa shape index (κ3) is 7.21. The second-order valence-electron chi connectivity index (χ2n) is 15.8. The van der Waals surface area contributed by atoms with Crippen molar-refractivity contribution in [3.63, 3.8) is 0 Å². The summed E-state index contributed by atoms with van der Waals surface area (Å²) in [5.74, 6) is 2.06. The summed E-state index contributed by atoms with van der Waals surface area (Å²) in [6, 6.07) is 3.81. The minimum absolute atomic E-state index is 0.133. The minimum atomic E-state index is -2.25. The highest BCUT2D eigenvalue weighted by Crippen LogP contribution is 2.54. The summed E-state index contributed by atoms with van der Waals surface area (Å²) in [4.78, 5) is 10.5. The number of ether oxygens (including phenoxy) is 3. The van der Waals surface area contributed by atoms with Gasteiger partial charge in [0.25, 0.3) is 0 Å². The fourth-order valence-corrected chi connectivity index (χ4v) is 16.9. The Kier molecular flexibility index (Phi) is 13.1. The number of rotatable bonds is 16. The molecule has 4 radical (unpaired) electrons. The number of aliphatic hydroxyl groups excluding tert-OH is 1. The van der Waals surface area contributed by atoms with Gasteiger partial charge in [0.1, 0.15) is 11.8 Å². The van der Waals surface area contributed by atoms with E-state index in [0.717, 1.165) is 48.0 Å². The molecule has 0 aliphatic heterocycles. The third-order valence-corrected chi connectivity index (χ3v) is 19.5. The quantitative estimate of drug-likeness (QED) is 0.115. The zero-order valence-corrected chi connectivity index (χ0v) is 35.9. The third-order valence-electron chi connectivity index (χ3n) is 11.9. The van der Waals surface area contributed by atoms with Crippen molar-refractivity contribution >= 4 is 38.9 Å². The van der Waals surface area contributed by atoms with Gasteiger partial charge in [-0.05, 0) is 78.9 Å². The molecule has 2 heterocycles.